The molecule has 92 valence electrons. The molecule has 0 rings (SSSR count). The minimum atomic E-state index is -0.635. The standard InChI is InChI=1S/C12H28N2O/c1-7-14(9-12(5,6)15)8-11(3,4)10(2)13/h10,15H,7-9,13H2,1-6H3. The van der Waals surface area contributed by atoms with Crippen LogP contribution in [0.5, 0.6) is 0 Å². The van der Waals surface area contributed by atoms with Crippen molar-refractivity contribution in [1.82, 2.24) is 4.90 Å². The molecule has 1 atom stereocenters. The Morgan fingerprint density at radius 1 is 1.20 bits per heavy atom. The van der Waals surface area contributed by atoms with E-state index in [9.17, 15) is 5.11 Å². The Bertz CT molecular complexity index is 183. The monoisotopic (exact) mass is 216 g/mol. The van der Waals surface area contributed by atoms with E-state index in [1.165, 1.54) is 0 Å². The zero-order chi connectivity index (χ0) is 12.3. The quantitative estimate of drug-likeness (QED) is 0.706. The first-order chi connectivity index (χ1) is 6.58. The van der Waals surface area contributed by atoms with E-state index in [0.717, 1.165) is 13.1 Å². The van der Waals surface area contributed by atoms with Crippen LogP contribution in [-0.2, 0) is 0 Å². The number of nitrogens with zero attached hydrogens (tertiary/aromatic N) is 1. The molecule has 3 heteroatoms. The summed E-state index contributed by atoms with van der Waals surface area (Å²) in [6, 6.07) is 0.161. The third-order valence-corrected chi connectivity index (χ3v) is 2.92. The summed E-state index contributed by atoms with van der Waals surface area (Å²) in [6.45, 7) is 14.7. The normalized spacial score (nSPS) is 15.8. The van der Waals surface area contributed by atoms with Crippen molar-refractivity contribution in [1.29, 1.82) is 0 Å². The van der Waals surface area contributed by atoms with Crippen LogP contribution in [0.1, 0.15) is 41.5 Å². The molecule has 15 heavy (non-hydrogen) atoms. The fraction of sp³-hybridized carbons (Fsp3) is 1.00. The SMILES string of the molecule is CCN(CC(C)(C)O)CC(C)(C)C(C)N. The highest BCUT2D eigenvalue weighted by atomic mass is 16.3. The lowest BCUT2D eigenvalue weighted by Crippen LogP contribution is -2.48. The summed E-state index contributed by atoms with van der Waals surface area (Å²) in [5.41, 5.74) is 5.40. The molecule has 0 radical (unpaired) electrons. The van der Waals surface area contributed by atoms with E-state index in [1.807, 2.05) is 20.8 Å². The first kappa shape index (κ1) is 14.9. The first-order valence-corrected chi connectivity index (χ1v) is 5.79. The van der Waals surface area contributed by atoms with E-state index in [0.29, 0.717) is 6.54 Å². The van der Waals surface area contributed by atoms with Crippen LogP contribution in [0, 0.1) is 5.41 Å². The Labute approximate surface area is 94.6 Å². The summed E-state index contributed by atoms with van der Waals surface area (Å²) in [6.07, 6.45) is 0. The maximum atomic E-state index is 9.78. The van der Waals surface area contributed by atoms with Crippen molar-refractivity contribution < 1.29 is 5.11 Å². The van der Waals surface area contributed by atoms with Crippen molar-refractivity contribution in [3.63, 3.8) is 0 Å². The van der Waals surface area contributed by atoms with Gasteiger partial charge in [-0.1, -0.05) is 20.8 Å². The van der Waals surface area contributed by atoms with Gasteiger partial charge in [-0.3, -0.25) is 0 Å². The van der Waals surface area contributed by atoms with E-state index in [2.05, 4.69) is 25.7 Å². The maximum absolute atomic E-state index is 9.78. The molecule has 0 bridgehead atoms. The molecule has 1 unspecified atom stereocenters. The van der Waals surface area contributed by atoms with E-state index in [1.54, 1.807) is 0 Å². The summed E-state index contributed by atoms with van der Waals surface area (Å²) < 4.78 is 0. The Kier molecular flexibility index (Phi) is 5.24. The van der Waals surface area contributed by atoms with Crippen molar-refractivity contribution in [2.75, 3.05) is 19.6 Å². The second-order valence-electron chi connectivity index (χ2n) is 5.89. The fourth-order valence-electron chi connectivity index (χ4n) is 1.55. The highest BCUT2D eigenvalue weighted by Gasteiger charge is 2.27. The zero-order valence-corrected chi connectivity index (χ0v) is 11.2. The minimum absolute atomic E-state index is 0.0846. The lowest BCUT2D eigenvalue weighted by molar-refractivity contribution is 0.0235. The second-order valence-corrected chi connectivity index (χ2v) is 5.89. The molecular weight excluding hydrogens is 188 g/mol. The number of hydrogen-bond donors (Lipinski definition) is 2. The van der Waals surface area contributed by atoms with Crippen LogP contribution in [0.15, 0.2) is 0 Å². The molecule has 0 aromatic rings. The lowest BCUT2D eigenvalue weighted by Gasteiger charge is -2.37. The Morgan fingerprint density at radius 3 is 1.93 bits per heavy atom. The largest absolute Gasteiger partial charge is 0.389 e. The topological polar surface area (TPSA) is 49.5 Å². The molecule has 0 aromatic carbocycles. The molecule has 0 saturated carbocycles. The average Bonchev–Trinajstić information content (AvgIpc) is 1.99. The summed E-state index contributed by atoms with van der Waals surface area (Å²) in [4.78, 5) is 2.25. The van der Waals surface area contributed by atoms with Crippen LogP contribution in [-0.4, -0.2) is 41.3 Å². The molecule has 0 aromatic heterocycles. The number of likely N-dealkylation sites (N-methyl/N-ethyl adjacent to an activating group) is 1. The molecule has 0 aliphatic carbocycles. The van der Waals surface area contributed by atoms with Crippen molar-refractivity contribution >= 4 is 0 Å². The fourth-order valence-corrected chi connectivity index (χ4v) is 1.55. The molecule has 0 spiro atoms. The van der Waals surface area contributed by atoms with Gasteiger partial charge in [0.25, 0.3) is 0 Å². The highest BCUT2D eigenvalue weighted by molar-refractivity contribution is 4.83. The lowest BCUT2D eigenvalue weighted by atomic mass is 9.85. The van der Waals surface area contributed by atoms with Gasteiger partial charge in [-0.05, 0) is 32.7 Å². The molecule has 0 aliphatic rings. The first-order valence-electron chi connectivity index (χ1n) is 5.79. The third kappa shape index (κ3) is 6.13. The van der Waals surface area contributed by atoms with Gasteiger partial charge in [0.05, 0.1) is 5.60 Å². The summed E-state index contributed by atoms with van der Waals surface area (Å²) in [5, 5.41) is 9.78. The van der Waals surface area contributed by atoms with Gasteiger partial charge < -0.3 is 15.7 Å². The zero-order valence-electron chi connectivity index (χ0n) is 11.2. The minimum Gasteiger partial charge on any atom is -0.389 e. The van der Waals surface area contributed by atoms with Gasteiger partial charge in [0.2, 0.25) is 0 Å². The van der Waals surface area contributed by atoms with E-state index >= 15 is 0 Å². The van der Waals surface area contributed by atoms with Gasteiger partial charge in [0, 0.05) is 19.1 Å². The van der Waals surface area contributed by atoms with Gasteiger partial charge >= 0.3 is 0 Å². The average molecular weight is 216 g/mol. The Hall–Kier alpha value is -0.120. The second kappa shape index (κ2) is 5.28. The van der Waals surface area contributed by atoms with Crippen LogP contribution in [0.25, 0.3) is 0 Å². The Balaban J connectivity index is 4.34. The summed E-state index contributed by atoms with van der Waals surface area (Å²) >= 11 is 0. The smallest absolute Gasteiger partial charge is 0.0718 e. The predicted octanol–water partition coefficient (Wildman–Crippen LogP) is 1.45. The molecule has 0 saturated heterocycles. The van der Waals surface area contributed by atoms with Gasteiger partial charge in [0.1, 0.15) is 0 Å². The third-order valence-electron chi connectivity index (χ3n) is 2.92. The summed E-state index contributed by atoms with van der Waals surface area (Å²) in [5.74, 6) is 0. The number of aliphatic hydroxyl groups is 1. The molecule has 0 fully saturated rings. The van der Waals surface area contributed by atoms with Gasteiger partial charge in [0.15, 0.2) is 0 Å². The maximum Gasteiger partial charge on any atom is 0.0718 e. The number of hydrogen-bond acceptors (Lipinski definition) is 3. The number of rotatable bonds is 6. The van der Waals surface area contributed by atoms with Gasteiger partial charge in [-0.15, -0.1) is 0 Å². The van der Waals surface area contributed by atoms with Crippen molar-refractivity contribution in [2.24, 2.45) is 11.1 Å². The van der Waals surface area contributed by atoms with Crippen LogP contribution in [0.3, 0.4) is 0 Å². The van der Waals surface area contributed by atoms with Crippen LogP contribution >= 0.6 is 0 Å². The van der Waals surface area contributed by atoms with Crippen LogP contribution < -0.4 is 5.73 Å². The van der Waals surface area contributed by atoms with Crippen molar-refractivity contribution in [3.05, 3.63) is 0 Å². The number of nitrogens with two attached hydrogens (primary N) is 1. The molecule has 0 aliphatic heterocycles. The molecule has 3 N–H and O–H groups in total. The van der Waals surface area contributed by atoms with Crippen molar-refractivity contribution in [2.45, 2.75) is 53.2 Å². The Morgan fingerprint density at radius 2 is 1.67 bits per heavy atom. The highest BCUT2D eigenvalue weighted by Crippen LogP contribution is 2.21. The molecule has 0 heterocycles. The van der Waals surface area contributed by atoms with Gasteiger partial charge in [-0.25, -0.2) is 0 Å². The molecule has 0 amide bonds. The van der Waals surface area contributed by atoms with E-state index in [4.69, 9.17) is 5.73 Å². The van der Waals surface area contributed by atoms with Gasteiger partial charge in [-0.2, -0.15) is 0 Å². The molecule has 3 nitrogen and oxygen atoms in total. The van der Waals surface area contributed by atoms with Crippen LogP contribution in [0.4, 0.5) is 0 Å². The van der Waals surface area contributed by atoms with E-state index < -0.39 is 5.60 Å². The van der Waals surface area contributed by atoms with E-state index in [-0.39, 0.29) is 11.5 Å². The summed E-state index contributed by atoms with van der Waals surface area (Å²) in [7, 11) is 0. The van der Waals surface area contributed by atoms with Crippen LogP contribution in [0.2, 0.25) is 0 Å². The predicted molar refractivity (Wildman–Crippen MR) is 65.8 cm³/mol. The molecular formula is C12H28N2O. The van der Waals surface area contributed by atoms with Crippen molar-refractivity contribution in [3.8, 4) is 0 Å².